The van der Waals surface area contributed by atoms with E-state index in [9.17, 15) is 9.59 Å². The van der Waals surface area contributed by atoms with E-state index < -0.39 is 0 Å². The maximum Gasteiger partial charge on any atom is 0.246 e. The molecule has 1 N–H and O–H groups in total. The fourth-order valence-corrected chi connectivity index (χ4v) is 2.69. The van der Waals surface area contributed by atoms with Crippen molar-refractivity contribution in [3.8, 4) is 0 Å². The number of anilines is 2. The summed E-state index contributed by atoms with van der Waals surface area (Å²) in [7, 11) is 0. The van der Waals surface area contributed by atoms with E-state index >= 15 is 0 Å². The van der Waals surface area contributed by atoms with Gasteiger partial charge in [-0.3, -0.25) is 14.5 Å². The van der Waals surface area contributed by atoms with Crippen molar-refractivity contribution >= 4 is 34.7 Å². The van der Waals surface area contributed by atoms with Gasteiger partial charge in [-0.1, -0.05) is 30.3 Å². The monoisotopic (exact) mass is 353 g/mol. The normalized spacial score (nSPS) is 10.4. The van der Waals surface area contributed by atoms with Gasteiger partial charge in [-0.05, 0) is 29.8 Å². The van der Waals surface area contributed by atoms with Crippen LogP contribution in [-0.2, 0) is 11.2 Å². The zero-order chi connectivity index (χ0) is 17.6. The summed E-state index contributed by atoms with van der Waals surface area (Å²) in [5.41, 5.74) is 2.19. The van der Waals surface area contributed by atoms with Crippen molar-refractivity contribution in [2.45, 2.75) is 6.42 Å². The van der Waals surface area contributed by atoms with Crippen LogP contribution >= 0.6 is 11.6 Å². The molecular weight excluding hydrogens is 338 g/mol. The number of hydrogen-bond acceptors (Lipinski definition) is 3. The van der Waals surface area contributed by atoms with Crippen molar-refractivity contribution < 1.29 is 9.59 Å². The molecule has 0 radical (unpaired) electrons. The Morgan fingerprint density at radius 2 is 1.80 bits per heavy atom. The van der Waals surface area contributed by atoms with Gasteiger partial charge in [0.05, 0.1) is 0 Å². The third-order valence-electron chi connectivity index (χ3n) is 3.67. The molecular formula is C19H16ClN3O2. The Morgan fingerprint density at radius 1 is 1.04 bits per heavy atom. The lowest BCUT2D eigenvalue weighted by molar-refractivity contribution is -0.115. The number of nitrogens with zero attached hydrogens (tertiary/aromatic N) is 2. The first-order chi connectivity index (χ1) is 12.2. The molecule has 0 aliphatic rings. The van der Waals surface area contributed by atoms with E-state index in [-0.39, 0.29) is 24.0 Å². The lowest BCUT2D eigenvalue weighted by Gasteiger charge is -2.22. The number of carbonyl (C=O) groups excluding carboxylic acids is 2. The molecule has 25 heavy (non-hydrogen) atoms. The molecule has 0 aliphatic carbocycles. The maximum absolute atomic E-state index is 12.3. The molecule has 0 bridgehead atoms. The second-order valence-corrected chi connectivity index (χ2v) is 5.67. The van der Waals surface area contributed by atoms with Crippen LogP contribution in [0.3, 0.4) is 0 Å². The highest BCUT2D eigenvalue weighted by Crippen LogP contribution is 2.26. The molecule has 0 unspecified atom stereocenters. The first-order valence-corrected chi connectivity index (χ1v) is 8.28. The van der Waals surface area contributed by atoms with Gasteiger partial charge < -0.3 is 4.98 Å². The second-order valence-electron chi connectivity index (χ2n) is 5.41. The number of imidazole rings is 1. The van der Waals surface area contributed by atoms with Crippen LogP contribution < -0.4 is 4.90 Å². The Morgan fingerprint density at radius 3 is 2.48 bits per heavy atom. The number of hydrogen-bond donors (Lipinski definition) is 1. The van der Waals surface area contributed by atoms with Gasteiger partial charge in [-0.2, -0.15) is 0 Å². The average Bonchev–Trinajstić information content (AvgIpc) is 3.18. The molecule has 5 nitrogen and oxygen atoms in total. The zero-order valence-electron chi connectivity index (χ0n) is 13.4. The number of para-hydroxylation sites is 1. The highest BCUT2D eigenvalue weighted by Gasteiger charge is 2.18. The van der Waals surface area contributed by atoms with Crippen LogP contribution in [0.4, 0.5) is 11.4 Å². The Kier molecular flexibility index (Phi) is 5.26. The van der Waals surface area contributed by atoms with E-state index in [2.05, 4.69) is 9.97 Å². The molecule has 3 rings (SSSR count). The third kappa shape index (κ3) is 3.95. The van der Waals surface area contributed by atoms with Crippen molar-refractivity contribution in [2.75, 3.05) is 10.8 Å². The minimum Gasteiger partial charge on any atom is -0.342 e. The molecule has 0 saturated carbocycles. The van der Waals surface area contributed by atoms with Crippen molar-refractivity contribution in [3.05, 3.63) is 78.4 Å². The molecule has 1 aromatic heterocycles. The van der Waals surface area contributed by atoms with Crippen LogP contribution in [0.15, 0.2) is 67.0 Å². The Labute approximate surface area is 150 Å². The Bertz CT molecular complexity index is 863. The topological polar surface area (TPSA) is 66.1 Å². The largest absolute Gasteiger partial charge is 0.342 e. The van der Waals surface area contributed by atoms with Gasteiger partial charge in [0.2, 0.25) is 11.7 Å². The Hall–Kier alpha value is -2.92. The van der Waals surface area contributed by atoms with Crippen LogP contribution in [0.2, 0.25) is 0 Å². The molecule has 0 fully saturated rings. The second kappa shape index (κ2) is 7.77. The molecule has 3 aromatic rings. The highest BCUT2D eigenvalue weighted by atomic mass is 35.5. The van der Waals surface area contributed by atoms with Gasteiger partial charge in [-0.25, -0.2) is 4.98 Å². The fourth-order valence-electron chi connectivity index (χ4n) is 2.57. The third-order valence-corrected chi connectivity index (χ3v) is 3.90. The van der Waals surface area contributed by atoms with Crippen LogP contribution in [0, 0.1) is 0 Å². The lowest BCUT2D eigenvalue weighted by atomic mass is 10.1. The van der Waals surface area contributed by atoms with Crippen molar-refractivity contribution in [3.63, 3.8) is 0 Å². The summed E-state index contributed by atoms with van der Waals surface area (Å²) in [4.78, 5) is 32.9. The number of rotatable bonds is 6. The number of aromatic amines is 1. The van der Waals surface area contributed by atoms with Gasteiger partial charge in [0.15, 0.2) is 5.82 Å². The molecule has 1 amide bonds. The summed E-state index contributed by atoms with van der Waals surface area (Å²) < 4.78 is 0. The summed E-state index contributed by atoms with van der Waals surface area (Å²) in [5.74, 6) is -0.161. The van der Waals surface area contributed by atoms with Crippen molar-refractivity contribution in [1.29, 1.82) is 0 Å². The minimum atomic E-state index is -0.234. The van der Waals surface area contributed by atoms with E-state index in [1.54, 1.807) is 17.3 Å². The predicted molar refractivity (Wildman–Crippen MR) is 97.4 cm³/mol. The van der Waals surface area contributed by atoms with Crippen LogP contribution in [0.5, 0.6) is 0 Å². The number of alkyl halides is 1. The molecule has 0 saturated heterocycles. The van der Waals surface area contributed by atoms with Crippen LogP contribution in [0.25, 0.3) is 0 Å². The first-order valence-electron chi connectivity index (χ1n) is 7.74. The zero-order valence-corrected chi connectivity index (χ0v) is 14.1. The number of H-pyrrole nitrogens is 1. The summed E-state index contributed by atoms with van der Waals surface area (Å²) in [6.07, 6.45) is 3.35. The Balaban J connectivity index is 1.90. The van der Waals surface area contributed by atoms with Crippen LogP contribution in [-0.4, -0.2) is 27.5 Å². The predicted octanol–water partition coefficient (Wildman–Crippen LogP) is 3.74. The molecule has 126 valence electrons. The molecule has 6 heteroatoms. The van der Waals surface area contributed by atoms with Gasteiger partial charge in [0, 0.05) is 30.2 Å². The van der Waals surface area contributed by atoms with Gasteiger partial charge in [0.25, 0.3) is 0 Å². The number of aromatic nitrogens is 2. The summed E-state index contributed by atoms with van der Waals surface area (Å²) in [5, 5.41) is 0. The molecule has 2 aromatic carbocycles. The summed E-state index contributed by atoms with van der Waals surface area (Å²) in [6, 6.07) is 16.6. The highest BCUT2D eigenvalue weighted by molar-refractivity contribution is 6.30. The fraction of sp³-hybridized carbons (Fsp3) is 0.105. The van der Waals surface area contributed by atoms with E-state index in [1.165, 1.54) is 0 Å². The number of carbonyl (C=O) groups is 2. The summed E-state index contributed by atoms with van der Waals surface area (Å²) in [6.45, 7) is 0. The number of ketones is 1. The summed E-state index contributed by atoms with van der Waals surface area (Å²) >= 11 is 5.78. The number of Topliss-reactive ketones (excluding diaryl/α,β-unsaturated/α-hetero) is 1. The molecule has 0 atom stereocenters. The standard InChI is InChI=1S/C19H16ClN3O2/c20-13-18(25)23(15-6-2-1-3-7-15)16-8-4-5-14(11-16)12-17(24)19-21-9-10-22-19/h1-11H,12-13H2,(H,21,22). The van der Waals surface area contributed by atoms with Gasteiger partial charge in [0.1, 0.15) is 5.88 Å². The first kappa shape index (κ1) is 16.9. The van der Waals surface area contributed by atoms with E-state index in [0.29, 0.717) is 11.5 Å². The number of amides is 1. The van der Waals surface area contributed by atoms with Gasteiger partial charge in [-0.15, -0.1) is 11.6 Å². The maximum atomic E-state index is 12.3. The molecule has 0 aliphatic heterocycles. The molecule has 1 heterocycles. The van der Waals surface area contributed by atoms with Crippen LogP contribution in [0.1, 0.15) is 16.2 Å². The average molecular weight is 354 g/mol. The van der Waals surface area contributed by atoms with Crippen molar-refractivity contribution in [1.82, 2.24) is 9.97 Å². The number of halogens is 1. The lowest BCUT2D eigenvalue weighted by Crippen LogP contribution is -2.27. The molecule has 0 spiro atoms. The minimum absolute atomic E-state index is 0.114. The van der Waals surface area contributed by atoms with E-state index in [0.717, 1.165) is 11.3 Å². The number of benzene rings is 2. The van der Waals surface area contributed by atoms with E-state index in [1.807, 2.05) is 54.6 Å². The number of nitrogens with one attached hydrogen (secondary N) is 1. The van der Waals surface area contributed by atoms with Crippen molar-refractivity contribution in [2.24, 2.45) is 0 Å². The van der Waals surface area contributed by atoms with E-state index in [4.69, 9.17) is 11.6 Å². The smallest absolute Gasteiger partial charge is 0.246 e. The quantitative estimate of drug-likeness (QED) is 0.542. The SMILES string of the molecule is O=C(Cc1cccc(N(C(=O)CCl)c2ccccc2)c1)c1ncc[nH]1. The van der Waals surface area contributed by atoms with Gasteiger partial charge >= 0.3 is 0 Å².